The van der Waals surface area contributed by atoms with Crippen LogP contribution in [0.2, 0.25) is 0 Å². The van der Waals surface area contributed by atoms with Gasteiger partial charge in [0.1, 0.15) is 5.82 Å². The van der Waals surface area contributed by atoms with Crippen LogP contribution in [0.25, 0.3) is 0 Å². The quantitative estimate of drug-likeness (QED) is 0.742. The zero-order valence-electron chi connectivity index (χ0n) is 8.29. The Hall–Kier alpha value is -1.29. The molecule has 0 aliphatic carbocycles. The molecular weight excluding hydrogens is 178 g/mol. The van der Waals surface area contributed by atoms with Gasteiger partial charge in [0.05, 0.1) is 12.1 Å². The number of nitrogens with zero attached hydrogens (tertiary/aromatic N) is 1. The van der Waals surface area contributed by atoms with E-state index in [1.165, 1.54) is 0 Å². The summed E-state index contributed by atoms with van der Waals surface area (Å²) in [6.07, 6.45) is 2.73. The number of aromatic nitrogens is 1. The van der Waals surface area contributed by atoms with Crippen LogP contribution in [0.1, 0.15) is 13.3 Å². The van der Waals surface area contributed by atoms with Gasteiger partial charge >= 0.3 is 0 Å². The van der Waals surface area contributed by atoms with Crippen molar-refractivity contribution in [1.29, 1.82) is 0 Å². The lowest BCUT2D eigenvalue weighted by molar-refractivity contribution is 0.185. The third kappa shape index (κ3) is 1.96. The first-order valence-electron chi connectivity index (χ1n) is 4.75. The van der Waals surface area contributed by atoms with Crippen LogP contribution < -0.4 is 11.1 Å². The van der Waals surface area contributed by atoms with E-state index >= 15 is 0 Å². The smallest absolute Gasteiger partial charge is 0.125 e. The van der Waals surface area contributed by atoms with Gasteiger partial charge in [-0.2, -0.15) is 0 Å². The summed E-state index contributed by atoms with van der Waals surface area (Å²) >= 11 is 0. The number of rotatable bonds is 2. The van der Waals surface area contributed by atoms with E-state index < -0.39 is 0 Å². The fourth-order valence-corrected chi connectivity index (χ4v) is 1.64. The molecule has 1 aromatic rings. The second-order valence-electron chi connectivity index (χ2n) is 3.96. The van der Waals surface area contributed by atoms with Gasteiger partial charge in [0.2, 0.25) is 0 Å². The molecule has 76 valence electrons. The van der Waals surface area contributed by atoms with Crippen molar-refractivity contribution in [3.05, 3.63) is 18.3 Å². The lowest BCUT2D eigenvalue weighted by atomic mass is 10.0. The first-order valence-corrected chi connectivity index (χ1v) is 4.75. The summed E-state index contributed by atoms with van der Waals surface area (Å²) in [6.45, 7) is 3.72. The Kier molecular flexibility index (Phi) is 2.29. The van der Waals surface area contributed by atoms with Crippen LogP contribution in [0.5, 0.6) is 0 Å². The van der Waals surface area contributed by atoms with E-state index in [1.807, 2.05) is 12.1 Å². The van der Waals surface area contributed by atoms with Gasteiger partial charge in [0.15, 0.2) is 0 Å². The van der Waals surface area contributed by atoms with Gasteiger partial charge < -0.3 is 15.8 Å². The maximum atomic E-state index is 5.59. The minimum absolute atomic E-state index is 0.0355. The van der Waals surface area contributed by atoms with Crippen LogP contribution in [0.4, 0.5) is 11.5 Å². The molecule has 1 aliphatic heterocycles. The predicted octanol–water partition coefficient (Wildman–Crippen LogP) is 1.25. The molecule has 0 spiro atoms. The van der Waals surface area contributed by atoms with Gasteiger partial charge in [0, 0.05) is 24.6 Å². The number of nitrogen functional groups attached to an aromatic ring is 1. The molecule has 1 fully saturated rings. The summed E-state index contributed by atoms with van der Waals surface area (Å²) in [5.74, 6) is 0.539. The maximum Gasteiger partial charge on any atom is 0.125 e. The average Bonchev–Trinajstić information content (AvgIpc) is 2.51. The summed E-state index contributed by atoms with van der Waals surface area (Å²) in [4.78, 5) is 3.94. The molecule has 0 saturated carbocycles. The molecule has 1 unspecified atom stereocenters. The molecule has 2 rings (SSSR count). The maximum absolute atomic E-state index is 5.59. The van der Waals surface area contributed by atoms with E-state index in [1.54, 1.807) is 6.20 Å². The van der Waals surface area contributed by atoms with Gasteiger partial charge in [-0.05, 0) is 19.4 Å². The zero-order chi connectivity index (χ0) is 10.0. The molecule has 0 amide bonds. The SMILES string of the molecule is CC1(Nc2ccnc(N)c2)CCOC1. The highest BCUT2D eigenvalue weighted by Gasteiger charge is 2.29. The van der Waals surface area contributed by atoms with Gasteiger partial charge in [-0.1, -0.05) is 0 Å². The van der Waals surface area contributed by atoms with Crippen molar-refractivity contribution in [2.75, 3.05) is 24.3 Å². The van der Waals surface area contributed by atoms with E-state index in [2.05, 4.69) is 17.2 Å². The summed E-state index contributed by atoms with van der Waals surface area (Å²) in [7, 11) is 0. The lowest BCUT2D eigenvalue weighted by Gasteiger charge is -2.24. The van der Waals surface area contributed by atoms with Crippen molar-refractivity contribution >= 4 is 11.5 Å². The highest BCUT2D eigenvalue weighted by atomic mass is 16.5. The van der Waals surface area contributed by atoms with Crippen molar-refractivity contribution in [2.45, 2.75) is 18.9 Å². The third-order valence-electron chi connectivity index (χ3n) is 2.45. The molecule has 0 radical (unpaired) electrons. The van der Waals surface area contributed by atoms with Gasteiger partial charge in [-0.15, -0.1) is 0 Å². The Labute approximate surface area is 83.5 Å². The number of hydrogen-bond acceptors (Lipinski definition) is 4. The van der Waals surface area contributed by atoms with E-state index in [-0.39, 0.29) is 5.54 Å². The number of pyridine rings is 1. The summed E-state index contributed by atoms with van der Waals surface area (Å²) in [5, 5.41) is 3.41. The number of ether oxygens (including phenoxy) is 1. The van der Waals surface area contributed by atoms with Crippen LogP contribution >= 0.6 is 0 Å². The molecule has 3 N–H and O–H groups in total. The van der Waals surface area contributed by atoms with Crippen LogP contribution in [0.15, 0.2) is 18.3 Å². The average molecular weight is 193 g/mol. The number of hydrogen-bond donors (Lipinski definition) is 2. The fourth-order valence-electron chi connectivity index (χ4n) is 1.64. The molecule has 2 heterocycles. The minimum Gasteiger partial charge on any atom is -0.384 e. The van der Waals surface area contributed by atoms with Crippen molar-refractivity contribution in [3.8, 4) is 0 Å². The van der Waals surface area contributed by atoms with Crippen LogP contribution in [0, 0.1) is 0 Å². The van der Waals surface area contributed by atoms with Gasteiger partial charge in [0.25, 0.3) is 0 Å². The second kappa shape index (κ2) is 3.46. The molecule has 1 aliphatic rings. The topological polar surface area (TPSA) is 60.2 Å². The van der Waals surface area contributed by atoms with E-state index in [0.29, 0.717) is 5.82 Å². The number of nitrogens with one attached hydrogen (secondary N) is 1. The summed E-state index contributed by atoms with van der Waals surface area (Å²) in [5.41, 5.74) is 6.63. The Bertz CT molecular complexity index is 321. The standard InChI is InChI=1S/C10H15N3O/c1-10(3-5-14-7-10)13-8-2-4-12-9(11)6-8/h2,4,6H,3,5,7H2,1H3,(H3,11,12,13). The summed E-state index contributed by atoms with van der Waals surface area (Å²) in [6, 6.07) is 3.75. The van der Waals surface area contributed by atoms with E-state index in [9.17, 15) is 0 Å². The number of nitrogens with two attached hydrogens (primary N) is 1. The number of anilines is 2. The van der Waals surface area contributed by atoms with Crippen molar-refractivity contribution in [1.82, 2.24) is 4.98 Å². The van der Waals surface area contributed by atoms with Crippen LogP contribution in [0.3, 0.4) is 0 Å². The molecule has 14 heavy (non-hydrogen) atoms. The van der Waals surface area contributed by atoms with Crippen LogP contribution in [-0.4, -0.2) is 23.7 Å². The molecular formula is C10H15N3O. The van der Waals surface area contributed by atoms with Crippen molar-refractivity contribution < 1.29 is 4.74 Å². The molecule has 1 saturated heterocycles. The molecule has 4 nitrogen and oxygen atoms in total. The van der Waals surface area contributed by atoms with E-state index in [4.69, 9.17) is 10.5 Å². The predicted molar refractivity (Wildman–Crippen MR) is 56.1 cm³/mol. The first-order chi connectivity index (χ1) is 6.68. The van der Waals surface area contributed by atoms with Gasteiger partial charge in [-0.3, -0.25) is 0 Å². The third-order valence-corrected chi connectivity index (χ3v) is 2.45. The zero-order valence-corrected chi connectivity index (χ0v) is 8.29. The highest BCUT2D eigenvalue weighted by molar-refractivity contribution is 5.51. The summed E-state index contributed by atoms with van der Waals surface area (Å²) < 4.78 is 5.35. The lowest BCUT2D eigenvalue weighted by Crippen LogP contribution is -2.34. The first kappa shape index (κ1) is 9.27. The fraction of sp³-hybridized carbons (Fsp3) is 0.500. The Morgan fingerprint density at radius 2 is 2.50 bits per heavy atom. The van der Waals surface area contributed by atoms with E-state index in [0.717, 1.165) is 25.3 Å². The molecule has 0 aromatic carbocycles. The highest BCUT2D eigenvalue weighted by Crippen LogP contribution is 2.23. The molecule has 1 aromatic heterocycles. The molecule has 4 heteroatoms. The Balaban J connectivity index is 2.10. The Morgan fingerprint density at radius 3 is 3.14 bits per heavy atom. The second-order valence-corrected chi connectivity index (χ2v) is 3.96. The van der Waals surface area contributed by atoms with Crippen molar-refractivity contribution in [2.24, 2.45) is 0 Å². The molecule has 0 bridgehead atoms. The van der Waals surface area contributed by atoms with Crippen molar-refractivity contribution in [3.63, 3.8) is 0 Å². The largest absolute Gasteiger partial charge is 0.384 e. The Morgan fingerprint density at radius 1 is 1.64 bits per heavy atom. The monoisotopic (exact) mass is 193 g/mol. The molecule has 1 atom stereocenters. The van der Waals surface area contributed by atoms with Crippen LogP contribution in [-0.2, 0) is 4.74 Å². The minimum atomic E-state index is 0.0355. The normalized spacial score (nSPS) is 26.4. The van der Waals surface area contributed by atoms with Gasteiger partial charge in [-0.25, -0.2) is 4.98 Å².